The van der Waals surface area contributed by atoms with Crippen LogP contribution in [0.15, 0.2) is 24.4 Å². The minimum absolute atomic E-state index is 0.0534. The molecule has 0 spiro atoms. The highest BCUT2D eigenvalue weighted by Crippen LogP contribution is 2.26. The lowest BCUT2D eigenvalue weighted by Gasteiger charge is -2.25. The molecule has 1 aliphatic heterocycles. The van der Waals surface area contributed by atoms with Crippen LogP contribution in [0.3, 0.4) is 0 Å². The Bertz CT molecular complexity index is 717. The smallest absolute Gasteiger partial charge is 0.240 e. The van der Waals surface area contributed by atoms with Gasteiger partial charge in [-0.05, 0) is 17.7 Å². The molecule has 1 aromatic carbocycles. The molecule has 2 aromatic rings. The van der Waals surface area contributed by atoms with Crippen LogP contribution < -0.4 is 5.32 Å². The molecule has 0 radical (unpaired) electrons. The number of rotatable bonds is 5. The molecule has 3 rings (SSSR count). The minimum Gasteiger partial charge on any atom is -0.379 e. The summed E-state index contributed by atoms with van der Waals surface area (Å²) in [7, 11) is 0. The predicted octanol–water partition coefficient (Wildman–Crippen LogP) is 3.31. The maximum absolute atomic E-state index is 12.1. The molecule has 24 heavy (non-hydrogen) atoms. The number of morpholine rings is 1. The van der Waals surface area contributed by atoms with Crippen LogP contribution in [0.4, 0.5) is 5.13 Å². The number of nitrogens with zero attached hydrogens (tertiary/aromatic N) is 2. The van der Waals surface area contributed by atoms with Crippen molar-refractivity contribution in [2.24, 2.45) is 0 Å². The van der Waals surface area contributed by atoms with Crippen molar-refractivity contribution in [3.8, 4) is 0 Å². The number of carbonyl (C=O) groups is 1. The molecular formula is C16H17Cl2N3O2S. The van der Waals surface area contributed by atoms with Gasteiger partial charge in [-0.3, -0.25) is 9.69 Å². The van der Waals surface area contributed by atoms with Crippen LogP contribution in [-0.2, 0) is 16.0 Å². The third kappa shape index (κ3) is 4.91. The molecule has 1 aromatic heterocycles. The summed E-state index contributed by atoms with van der Waals surface area (Å²) in [6.07, 6.45) is 2.42. The third-order valence-corrected chi connectivity index (χ3v) is 5.15. The number of thiazole rings is 1. The number of hydrogen-bond acceptors (Lipinski definition) is 5. The Labute approximate surface area is 154 Å². The van der Waals surface area contributed by atoms with Crippen LogP contribution in [0.25, 0.3) is 0 Å². The van der Waals surface area contributed by atoms with E-state index in [2.05, 4.69) is 15.2 Å². The molecule has 5 nitrogen and oxygen atoms in total. The summed E-state index contributed by atoms with van der Waals surface area (Å²) >= 11 is 13.6. The molecular weight excluding hydrogens is 369 g/mol. The summed E-state index contributed by atoms with van der Waals surface area (Å²) < 4.78 is 5.27. The van der Waals surface area contributed by atoms with Gasteiger partial charge in [0, 0.05) is 40.6 Å². The molecule has 1 fully saturated rings. The maximum atomic E-state index is 12.1. The van der Waals surface area contributed by atoms with Crippen molar-refractivity contribution in [2.45, 2.75) is 6.42 Å². The van der Waals surface area contributed by atoms with Crippen molar-refractivity contribution in [1.82, 2.24) is 9.88 Å². The van der Waals surface area contributed by atoms with E-state index >= 15 is 0 Å². The summed E-state index contributed by atoms with van der Waals surface area (Å²) in [5.41, 5.74) is 0.982. The molecule has 1 saturated heterocycles. The van der Waals surface area contributed by atoms with Gasteiger partial charge in [0.15, 0.2) is 5.13 Å². The average Bonchev–Trinajstić information content (AvgIpc) is 2.98. The topological polar surface area (TPSA) is 54.5 Å². The zero-order chi connectivity index (χ0) is 16.9. The van der Waals surface area contributed by atoms with Crippen molar-refractivity contribution in [1.29, 1.82) is 0 Å². The second kappa shape index (κ2) is 8.27. The van der Waals surface area contributed by atoms with Gasteiger partial charge in [0.25, 0.3) is 0 Å². The van der Waals surface area contributed by atoms with Crippen LogP contribution in [-0.4, -0.2) is 48.6 Å². The largest absolute Gasteiger partial charge is 0.379 e. The highest BCUT2D eigenvalue weighted by molar-refractivity contribution is 7.15. The number of hydrogen-bond donors (Lipinski definition) is 1. The predicted molar refractivity (Wildman–Crippen MR) is 97.3 cm³/mol. The molecule has 0 aliphatic carbocycles. The zero-order valence-corrected chi connectivity index (χ0v) is 15.3. The van der Waals surface area contributed by atoms with E-state index in [0.29, 0.717) is 41.4 Å². The van der Waals surface area contributed by atoms with Crippen molar-refractivity contribution in [3.63, 3.8) is 0 Å². The number of anilines is 1. The number of benzene rings is 1. The molecule has 0 bridgehead atoms. The number of ether oxygens (including phenoxy) is 1. The van der Waals surface area contributed by atoms with Gasteiger partial charge in [0.05, 0.1) is 19.8 Å². The van der Waals surface area contributed by atoms with E-state index < -0.39 is 0 Å². The van der Waals surface area contributed by atoms with E-state index in [1.165, 1.54) is 11.3 Å². The van der Waals surface area contributed by atoms with E-state index in [1.807, 2.05) is 12.1 Å². The molecule has 0 unspecified atom stereocenters. The lowest BCUT2D eigenvalue weighted by Crippen LogP contribution is -2.41. The highest BCUT2D eigenvalue weighted by atomic mass is 35.5. The zero-order valence-electron chi connectivity index (χ0n) is 12.9. The summed E-state index contributed by atoms with van der Waals surface area (Å²) in [5.74, 6) is -0.0534. The first-order chi connectivity index (χ1) is 11.6. The van der Waals surface area contributed by atoms with Crippen molar-refractivity contribution in [3.05, 3.63) is 44.9 Å². The van der Waals surface area contributed by atoms with Gasteiger partial charge in [-0.15, -0.1) is 11.3 Å². The first-order valence-corrected chi connectivity index (χ1v) is 9.16. The van der Waals surface area contributed by atoms with Gasteiger partial charge in [0.1, 0.15) is 0 Å². The molecule has 1 N–H and O–H groups in total. The van der Waals surface area contributed by atoms with Gasteiger partial charge in [0.2, 0.25) is 5.91 Å². The fourth-order valence-electron chi connectivity index (χ4n) is 2.42. The van der Waals surface area contributed by atoms with Gasteiger partial charge in [-0.2, -0.15) is 0 Å². The Hall–Kier alpha value is -1.18. The van der Waals surface area contributed by atoms with Crippen molar-refractivity contribution in [2.75, 3.05) is 38.2 Å². The maximum Gasteiger partial charge on any atom is 0.240 e. The van der Waals surface area contributed by atoms with Crippen molar-refractivity contribution >= 4 is 45.6 Å². The van der Waals surface area contributed by atoms with E-state index in [0.717, 1.165) is 23.5 Å². The summed E-state index contributed by atoms with van der Waals surface area (Å²) in [4.78, 5) is 19.4. The molecule has 128 valence electrons. The average molecular weight is 386 g/mol. The molecule has 2 heterocycles. The molecule has 0 atom stereocenters. The van der Waals surface area contributed by atoms with Gasteiger partial charge < -0.3 is 10.1 Å². The quantitative estimate of drug-likeness (QED) is 0.857. The number of carbonyl (C=O) groups excluding carboxylic acids is 1. The van der Waals surface area contributed by atoms with Crippen LogP contribution >= 0.6 is 34.5 Å². The Morgan fingerprint density at radius 2 is 2.12 bits per heavy atom. The molecule has 0 saturated carbocycles. The first-order valence-electron chi connectivity index (χ1n) is 7.59. The Kier molecular flexibility index (Phi) is 6.08. The lowest BCUT2D eigenvalue weighted by atomic mass is 10.1. The first kappa shape index (κ1) is 17.6. The second-order valence-electron chi connectivity index (χ2n) is 5.48. The normalized spacial score (nSPS) is 15.4. The van der Waals surface area contributed by atoms with Gasteiger partial charge >= 0.3 is 0 Å². The number of amides is 1. The minimum atomic E-state index is -0.0534. The number of nitrogens with one attached hydrogen (secondary N) is 1. The fraction of sp³-hybridized carbons (Fsp3) is 0.375. The van der Waals surface area contributed by atoms with Crippen LogP contribution in [0.5, 0.6) is 0 Å². The van der Waals surface area contributed by atoms with Crippen LogP contribution in [0, 0.1) is 0 Å². The SMILES string of the molecule is O=C(CN1CCOCC1)Nc1ncc(Cc2ccc(Cl)cc2Cl)s1. The van der Waals surface area contributed by atoms with E-state index in [4.69, 9.17) is 27.9 Å². The fourth-order valence-corrected chi connectivity index (χ4v) is 3.75. The molecule has 8 heteroatoms. The Morgan fingerprint density at radius 1 is 1.33 bits per heavy atom. The second-order valence-corrected chi connectivity index (χ2v) is 7.44. The summed E-state index contributed by atoms with van der Waals surface area (Å²) in [6.45, 7) is 3.28. The summed E-state index contributed by atoms with van der Waals surface area (Å²) in [5, 5.41) is 4.70. The van der Waals surface area contributed by atoms with E-state index in [-0.39, 0.29) is 5.91 Å². The van der Waals surface area contributed by atoms with E-state index in [9.17, 15) is 4.79 Å². The monoisotopic (exact) mass is 385 g/mol. The Morgan fingerprint density at radius 3 is 2.88 bits per heavy atom. The van der Waals surface area contributed by atoms with Crippen LogP contribution in [0.1, 0.15) is 10.4 Å². The lowest BCUT2D eigenvalue weighted by molar-refractivity contribution is -0.118. The van der Waals surface area contributed by atoms with Gasteiger partial charge in [-0.1, -0.05) is 29.3 Å². The number of aromatic nitrogens is 1. The van der Waals surface area contributed by atoms with E-state index in [1.54, 1.807) is 12.3 Å². The van der Waals surface area contributed by atoms with Crippen LogP contribution in [0.2, 0.25) is 10.0 Å². The van der Waals surface area contributed by atoms with Crippen molar-refractivity contribution < 1.29 is 9.53 Å². The number of halogens is 2. The molecule has 1 amide bonds. The van der Waals surface area contributed by atoms with Gasteiger partial charge in [-0.25, -0.2) is 4.98 Å². The summed E-state index contributed by atoms with van der Waals surface area (Å²) in [6, 6.07) is 5.44. The third-order valence-electron chi connectivity index (χ3n) is 3.65. The Balaban J connectivity index is 1.55. The molecule has 1 aliphatic rings. The standard InChI is InChI=1S/C16H17Cl2N3O2S/c17-12-2-1-11(14(18)8-12)7-13-9-19-16(24-13)20-15(22)10-21-3-5-23-6-4-21/h1-2,8-9H,3-7,10H2,(H,19,20,22). The highest BCUT2D eigenvalue weighted by Gasteiger charge is 2.15.